The van der Waals surface area contributed by atoms with E-state index in [9.17, 15) is 0 Å². The molecule has 0 rings (SSSR count). The highest BCUT2D eigenvalue weighted by atomic mass is 14.5. The van der Waals surface area contributed by atoms with Gasteiger partial charge in [-0.25, -0.2) is 0 Å². The molecule has 0 aliphatic rings. The molecular weight excluding hydrogens is 158 g/mol. The maximum absolute atomic E-state index is 5.22. The molecule has 74 valence electrons. The van der Waals surface area contributed by atoms with Crippen LogP contribution in [-0.4, -0.2) is 0 Å². The van der Waals surface area contributed by atoms with Crippen LogP contribution in [0.25, 0.3) is 0 Å². The number of unbranched alkanes of at least 4 members (excludes halogenated alkanes) is 3. The van der Waals surface area contributed by atoms with E-state index in [4.69, 9.17) is 5.73 Å². The van der Waals surface area contributed by atoms with Crippen LogP contribution < -0.4 is 5.73 Å². The Labute approximate surface area is 82.0 Å². The Hall–Kier alpha value is -0.980. The first-order chi connectivity index (χ1) is 6.41. The zero-order chi connectivity index (χ0) is 9.78. The third-order valence-corrected chi connectivity index (χ3v) is 1.78. The predicted molar refractivity (Wildman–Crippen MR) is 60.4 cm³/mol. The van der Waals surface area contributed by atoms with E-state index in [0.29, 0.717) is 0 Å². The van der Waals surface area contributed by atoms with Crippen LogP contribution in [-0.2, 0) is 0 Å². The van der Waals surface area contributed by atoms with Crippen LogP contribution in [0.15, 0.2) is 36.6 Å². The van der Waals surface area contributed by atoms with Crippen molar-refractivity contribution in [2.24, 2.45) is 5.73 Å². The molecule has 0 amide bonds. The minimum absolute atomic E-state index is 1.09. The zero-order valence-electron chi connectivity index (χ0n) is 8.58. The summed E-state index contributed by atoms with van der Waals surface area (Å²) < 4.78 is 0. The molecular formula is C12H21N. The monoisotopic (exact) mass is 179 g/mol. The van der Waals surface area contributed by atoms with E-state index in [1.165, 1.54) is 12.8 Å². The Morgan fingerprint density at radius 1 is 0.846 bits per heavy atom. The molecule has 0 saturated carbocycles. The highest BCUT2D eigenvalue weighted by Crippen LogP contribution is 1.99. The standard InChI is InChI=1S/C12H21N/c1-2-3-4-5-6-7-8-9-10-11-12-13/h2-3,6-7,11-12H,4-5,8-10,13H2,1H3. The second kappa shape index (κ2) is 11.0. The second-order valence-electron chi connectivity index (χ2n) is 2.98. The van der Waals surface area contributed by atoms with Crippen LogP contribution in [0.3, 0.4) is 0 Å². The summed E-state index contributed by atoms with van der Waals surface area (Å²) in [7, 11) is 0. The molecule has 0 aliphatic carbocycles. The zero-order valence-corrected chi connectivity index (χ0v) is 8.58. The lowest BCUT2D eigenvalue weighted by atomic mass is 10.2. The molecule has 1 heteroatoms. The molecule has 0 heterocycles. The first-order valence-electron chi connectivity index (χ1n) is 5.04. The van der Waals surface area contributed by atoms with Gasteiger partial charge in [-0.2, -0.15) is 0 Å². The average molecular weight is 179 g/mol. The Morgan fingerprint density at radius 3 is 2.15 bits per heavy atom. The molecule has 2 N–H and O–H groups in total. The number of hydrogen-bond donors (Lipinski definition) is 1. The van der Waals surface area contributed by atoms with E-state index < -0.39 is 0 Å². The lowest BCUT2D eigenvalue weighted by molar-refractivity contribution is 0.861. The van der Waals surface area contributed by atoms with Crippen molar-refractivity contribution in [3.05, 3.63) is 36.6 Å². The quantitative estimate of drug-likeness (QED) is 0.469. The van der Waals surface area contributed by atoms with E-state index in [-0.39, 0.29) is 0 Å². The van der Waals surface area contributed by atoms with E-state index in [0.717, 1.165) is 19.3 Å². The average Bonchev–Trinajstić information content (AvgIpc) is 2.16. The fourth-order valence-corrected chi connectivity index (χ4v) is 1.04. The summed E-state index contributed by atoms with van der Waals surface area (Å²) in [5, 5.41) is 0. The van der Waals surface area contributed by atoms with Gasteiger partial charge in [-0.15, -0.1) is 0 Å². The third-order valence-electron chi connectivity index (χ3n) is 1.78. The summed E-state index contributed by atoms with van der Waals surface area (Å²) in [6, 6.07) is 0. The number of nitrogens with two attached hydrogens (primary N) is 1. The van der Waals surface area contributed by atoms with Crippen molar-refractivity contribution in [3.8, 4) is 0 Å². The van der Waals surface area contributed by atoms with Crippen molar-refractivity contribution in [1.29, 1.82) is 0 Å². The normalized spacial score (nSPS) is 12.4. The van der Waals surface area contributed by atoms with Gasteiger partial charge in [0.05, 0.1) is 0 Å². The first kappa shape index (κ1) is 12.0. The molecule has 0 unspecified atom stereocenters. The SMILES string of the molecule is CC=CCCC=CCCCC=CN. The molecule has 0 saturated heterocycles. The van der Waals surface area contributed by atoms with Gasteiger partial charge in [-0.05, 0) is 45.2 Å². The highest BCUT2D eigenvalue weighted by Gasteiger charge is 1.80. The third kappa shape index (κ3) is 11.0. The van der Waals surface area contributed by atoms with Crippen molar-refractivity contribution >= 4 is 0 Å². The van der Waals surface area contributed by atoms with Crippen LogP contribution in [0, 0.1) is 0 Å². The Morgan fingerprint density at radius 2 is 1.46 bits per heavy atom. The highest BCUT2D eigenvalue weighted by molar-refractivity contribution is 4.87. The van der Waals surface area contributed by atoms with E-state index in [2.05, 4.69) is 31.2 Å². The molecule has 13 heavy (non-hydrogen) atoms. The van der Waals surface area contributed by atoms with Crippen LogP contribution in [0.1, 0.15) is 39.0 Å². The van der Waals surface area contributed by atoms with Gasteiger partial charge in [0.15, 0.2) is 0 Å². The van der Waals surface area contributed by atoms with Crippen molar-refractivity contribution < 1.29 is 0 Å². The minimum Gasteiger partial charge on any atom is -0.405 e. The van der Waals surface area contributed by atoms with E-state index in [1.807, 2.05) is 6.08 Å². The topological polar surface area (TPSA) is 26.0 Å². The lowest BCUT2D eigenvalue weighted by Gasteiger charge is -1.89. The van der Waals surface area contributed by atoms with E-state index in [1.54, 1.807) is 6.20 Å². The molecule has 0 bridgehead atoms. The van der Waals surface area contributed by atoms with Gasteiger partial charge < -0.3 is 5.73 Å². The Balaban J connectivity index is 3.12. The molecule has 0 aromatic rings. The first-order valence-corrected chi connectivity index (χ1v) is 5.04. The van der Waals surface area contributed by atoms with Crippen molar-refractivity contribution in [1.82, 2.24) is 0 Å². The van der Waals surface area contributed by atoms with Gasteiger partial charge in [0, 0.05) is 0 Å². The molecule has 0 aromatic carbocycles. The fourth-order valence-electron chi connectivity index (χ4n) is 1.04. The van der Waals surface area contributed by atoms with Gasteiger partial charge in [-0.1, -0.05) is 30.4 Å². The van der Waals surface area contributed by atoms with Crippen LogP contribution >= 0.6 is 0 Å². The maximum atomic E-state index is 5.22. The van der Waals surface area contributed by atoms with Gasteiger partial charge >= 0.3 is 0 Å². The van der Waals surface area contributed by atoms with E-state index >= 15 is 0 Å². The molecule has 0 radical (unpaired) electrons. The van der Waals surface area contributed by atoms with Gasteiger partial charge in [0.2, 0.25) is 0 Å². The summed E-state index contributed by atoms with van der Waals surface area (Å²) in [6.45, 7) is 2.06. The summed E-state index contributed by atoms with van der Waals surface area (Å²) in [5.74, 6) is 0. The predicted octanol–water partition coefficient (Wildman–Crippen LogP) is 3.54. The molecule has 0 spiro atoms. The Bertz CT molecular complexity index is 166. The Kier molecular flexibility index (Phi) is 10.2. The van der Waals surface area contributed by atoms with Crippen molar-refractivity contribution in [3.63, 3.8) is 0 Å². The smallest absolute Gasteiger partial charge is 0.0103 e. The summed E-state index contributed by atoms with van der Waals surface area (Å²) in [6.07, 6.45) is 18.2. The fraction of sp³-hybridized carbons (Fsp3) is 0.500. The van der Waals surface area contributed by atoms with Gasteiger partial charge in [-0.3, -0.25) is 0 Å². The maximum Gasteiger partial charge on any atom is -0.0103 e. The molecule has 0 atom stereocenters. The van der Waals surface area contributed by atoms with Crippen LogP contribution in [0.2, 0.25) is 0 Å². The van der Waals surface area contributed by atoms with Gasteiger partial charge in [0.1, 0.15) is 0 Å². The minimum atomic E-state index is 1.09. The lowest BCUT2D eigenvalue weighted by Crippen LogP contribution is -1.76. The van der Waals surface area contributed by atoms with Crippen LogP contribution in [0.5, 0.6) is 0 Å². The molecule has 1 nitrogen and oxygen atoms in total. The molecule has 0 aromatic heterocycles. The summed E-state index contributed by atoms with van der Waals surface area (Å²) >= 11 is 0. The molecule has 0 aliphatic heterocycles. The van der Waals surface area contributed by atoms with Gasteiger partial charge in [0.25, 0.3) is 0 Å². The van der Waals surface area contributed by atoms with Crippen LogP contribution in [0.4, 0.5) is 0 Å². The van der Waals surface area contributed by atoms with Crippen molar-refractivity contribution in [2.75, 3.05) is 0 Å². The largest absolute Gasteiger partial charge is 0.405 e. The second-order valence-corrected chi connectivity index (χ2v) is 2.98. The summed E-state index contributed by atoms with van der Waals surface area (Å²) in [4.78, 5) is 0. The summed E-state index contributed by atoms with van der Waals surface area (Å²) in [5.41, 5.74) is 5.22. The number of allylic oxidation sites excluding steroid dienone is 5. The number of rotatable bonds is 7. The number of hydrogen-bond acceptors (Lipinski definition) is 1. The van der Waals surface area contributed by atoms with Crippen molar-refractivity contribution in [2.45, 2.75) is 39.0 Å². The molecule has 0 fully saturated rings.